The van der Waals surface area contributed by atoms with Crippen molar-refractivity contribution in [3.05, 3.63) is 59.2 Å². The van der Waals surface area contributed by atoms with Gasteiger partial charge >= 0.3 is 5.97 Å². The molecule has 2 aliphatic heterocycles. The Kier molecular flexibility index (Phi) is 4.53. The average Bonchev–Trinajstić information content (AvgIpc) is 3.09. The number of methoxy groups -OCH3 is 1. The van der Waals surface area contributed by atoms with Crippen molar-refractivity contribution >= 4 is 23.5 Å². The minimum absolute atomic E-state index is 0.0167. The summed E-state index contributed by atoms with van der Waals surface area (Å²) in [5.74, 6) is -0.533. The lowest BCUT2D eigenvalue weighted by molar-refractivity contribution is -0.157. The number of hydrogen-bond acceptors (Lipinski definition) is 5. The number of fused-ring (bicyclic) bond motifs is 3. The number of amides is 2. The maximum Gasteiger partial charge on any atom is 0.354 e. The molecule has 0 bridgehead atoms. The van der Waals surface area contributed by atoms with Crippen LogP contribution in [0.25, 0.3) is 0 Å². The lowest BCUT2D eigenvalue weighted by atomic mass is 9.97. The van der Waals surface area contributed by atoms with Gasteiger partial charge in [-0.2, -0.15) is 0 Å². The predicted molar refractivity (Wildman–Crippen MR) is 106 cm³/mol. The molecule has 2 heterocycles. The number of hydrogen-bond donors (Lipinski definition) is 0. The molecular formula is C22H22N2O5. The van der Waals surface area contributed by atoms with Gasteiger partial charge in [-0.3, -0.25) is 14.5 Å². The normalized spacial score (nSPS) is 20.4. The quantitative estimate of drug-likeness (QED) is 0.746. The van der Waals surface area contributed by atoms with E-state index in [-0.39, 0.29) is 31.3 Å². The van der Waals surface area contributed by atoms with Crippen LogP contribution >= 0.6 is 0 Å². The number of carbonyl (C=O) groups is 3. The van der Waals surface area contributed by atoms with E-state index in [4.69, 9.17) is 9.47 Å². The third-order valence-corrected chi connectivity index (χ3v) is 5.66. The van der Waals surface area contributed by atoms with Crippen LogP contribution in [0.4, 0.5) is 5.69 Å². The Labute approximate surface area is 168 Å². The van der Waals surface area contributed by atoms with Crippen molar-refractivity contribution in [2.45, 2.75) is 32.0 Å². The fourth-order valence-electron chi connectivity index (χ4n) is 4.17. The first-order valence-electron chi connectivity index (χ1n) is 9.41. The molecule has 2 aromatic carbocycles. The number of ether oxygens (including phenoxy) is 2. The molecule has 1 saturated heterocycles. The van der Waals surface area contributed by atoms with Crippen molar-refractivity contribution < 1.29 is 23.9 Å². The average molecular weight is 394 g/mol. The first-order valence-corrected chi connectivity index (χ1v) is 9.41. The number of para-hydroxylation sites is 1. The van der Waals surface area contributed by atoms with Crippen molar-refractivity contribution in [1.29, 1.82) is 0 Å². The number of rotatable bonds is 4. The molecule has 1 fully saturated rings. The number of anilines is 1. The standard InChI is InChI=1S/C22H22N2O5/c1-14-8-9-18(28-3)15(12-14)13-29-21(27)22-11-10-19(25)24(22)17-7-5-4-6-16(17)20(26)23(22)2/h4-9,12H,10-11,13H2,1-3H3. The Hall–Kier alpha value is -3.35. The lowest BCUT2D eigenvalue weighted by Gasteiger charge is -2.46. The molecule has 0 aliphatic carbocycles. The van der Waals surface area contributed by atoms with Crippen molar-refractivity contribution in [3.63, 3.8) is 0 Å². The molecule has 4 rings (SSSR count). The van der Waals surface area contributed by atoms with Gasteiger partial charge in [0.15, 0.2) is 0 Å². The Morgan fingerprint density at radius 3 is 2.69 bits per heavy atom. The SMILES string of the molecule is COc1ccc(C)cc1COC(=O)C12CCC(=O)N1c1ccccc1C(=O)N2C. The summed E-state index contributed by atoms with van der Waals surface area (Å²) in [4.78, 5) is 41.7. The lowest BCUT2D eigenvalue weighted by Crippen LogP contribution is -2.67. The number of carbonyl (C=O) groups excluding carboxylic acids is 3. The Morgan fingerprint density at radius 2 is 1.93 bits per heavy atom. The summed E-state index contributed by atoms with van der Waals surface area (Å²) in [6.45, 7) is 1.92. The van der Waals surface area contributed by atoms with E-state index in [1.165, 1.54) is 9.80 Å². The number of aryl methyl sites for hydroxylation is 1. The predicted octanol–water partition coefficient (Wildman–Crippen LogP) is 2.66. The Bertz CT molecular complexity index is 1020. The van der Waals surface area contributed by atoms with Crippen LogP contribution in [-0.2, 0) is 20.9 Å². The van der Waals surface area contributed by atoms with Crippen LogP contribution in [0.3, 0.4) is 0 Å². The van der Waals surface area contributed by atoms with Gasteiger partial charge in [0.25, 0.3) is 5.91 Å². The second kappa shape index (κ2) is 6.92. The van der Waals surface area contributed by atoms with E-state index in [2.05, 4.69) is 0 Å². The van der Waals surface area contributed by atoms with Gasteiger partial charge in [0, 0.05) is 25.5 Å². The minimum Gasteiger partial charge on any atom is -0.496 e. The molecule has 2 amide bonds. The van der Waals surface area contributed by atoms with E-state index in [1.54, 1.807) is 38.4 Å². The molecule has 150 valence electrons. The molecule has 29 heavy (non-hydrogen) atoms. The van der Waals surface area contributed by atoms with Crippen LogP contribution in [0.15, 0.2) is 42.5 Å². The fraction of sp³-hybridized carbons (Fsp3) is 0.318. The summed E-state index contributed by atoms with van der Waals surface area (Å²) in [7, 11) is 3.09. The van der Waals surface area contributed by atoms with Crippen molar-refractivity contribution in [3.8, 4) is 5.75 Å². The minimum atomic E-state index is -1.47. The second-order valence-electron chi connectivity index (χ2n) is 7.32. The van der Waals surface area contributed by atoms with E-state index in [9.17, 15) is 14.4 Å². The highest BCUT2D eigenvalue weighted by molar-refractivity contribution is 6.15. The highest BCUT2D eigenvalue weighted by atomic mass is 16.5. The maximum atomic E-state index is 13.3. The molecule has 0 saturated carbocycles. The van der Waals surface area contributed by atoms with Crippen molar-refractivity contribution in [2.24, 2.45) is 0 Å². The molecule has 2 aromatic rings. The second-order valence-corrected chi connectivity index (χ2v) is 7.32. The zero-order valence-corrected chi connectivity index (χ0v) is 16.6. The third kappa shape index (κ3) is 2.76. The topological polar surface area (TPSA) is 76.1 Å². The molecule has 0 aromatic heterocycles. The van der Waals surface area contributed by atoms with Gasteiger partial charge in [-0.25, -0.2) is 4.79 Å². The van der Waals surface area contributed by atoms with Crippen LogP contribution in [0.1, 0.15) is 34.3 Å². The number of benzene rings is 2. The summed E-state index contributed by atoms with van der Waals surface area (Å²) in [5, 5.41) is 0. The molecule has 1 unspecified atom stereocenters. The third-order valence-electron chi connectivity index (χ3n) is 5.66. The molecule has 0 spiro atoms. The van der Waals surface area contributed by atoms with E-state index in [0.717, 1.165) is 11.1 Å². The zero-order valence-electron chi connectivity index (χ0n) is 16.6. The molecule has 0 radical (unpaired) electrons. The van der Waals surface area contributed by atoms with Gasteiger partial charge < -0.3 is 14.4 Å². The number of likely N-dealkylation sites (N-methyl/N-ethyl adjacent to an activating group) is 1. The smallest absolute Gasteiger partial charge is 0.354 e. The Balaban J connectivity index is 1.69. The first kappa shape index (κ1) is 19.0. The summed E-state index contributed by atoms with van der Waals surface area (Å²) in [6, 6.07) is 12.4. The Morgan fingerprint density at radius 1 is 1.17 bits per heavy atom. The van der Waals surface area contributed by atoms with Crippen LogP contribution in [-0.4, -0.2) is 42.5 Å². The van der Waals surface area contributed by atoms with Crippen LogP contribution in [0.2, 0.25) is 0 Å². The zero-order chi connectivity index (χ0) is 20.8. The highest BCUT2D eigenvalue weighted by Gasteiger charge is 2.60. The summed E-state index contributed by atoms with van der Waals surface area (Å²) in [5.41, 5.74) is 1.10. The van der Waals surface area contributed by atoms with Crippen LogP contribution in [0, 0.1) is 6.92 Å². The first-order chi connectivity index (χ1) is 13.9. The van der Waals surface area contributed by atoms with Crippen molar-refractivity contribution in [2.75, 3.05) is 19.1 Å². The molecular weight excluding hydrogens is 372 g/mol. The summed E-state index contributed by atoms with van der Waals surface area (Å²) >= 11 is 0. The summed E-state index contributed by atoms with van der Waals surface area (Å²) in [6.07, 6.45) is 0.348. The number of esters is 1. The molecule has 7 nitrogen and oxygen atoms in total. The monoisotopic (exact) mass is 394 g/mol. The van der Waals surface area contributed by atoms with Gasteiger partial charge in [0.05, 0.1) is 18.4 Å². The van der Waals surface area contributed by atoms with E-state index >= 15 is 0 Å². The van der Waals surface area contributed by atoms with E-state index < -0.39 is 11.6 Å². The van der Waals surface area contributed by atoms with Crippen LogP contribution < -0.4 is 9.64 Å². The van der Waals surface area contributed by atoms with Gasteiger partial charge in [0.1, 0.15) is 12.4 Å². The maximum absolute atomic E-state index is 13.3. The highest BCUT2D eigenvalue weighted by Crippen LogP contribution is 2.44. The molecule has 1 atom stereocenters. The largest absolute Gasteiger partial charge is 0.496 e. The van der Waals surface area contributed by atoms with Gasteiger partial charge in [-0.05, 0) is 31.2 Å². The van der Waals surface area contributed by atoms with E-state index in [1.807, 2.05) is 25.1 Å². The van der Waals surface area contributed by atoms with Gasteiger partial charge in [0.2, 0.25) is 11.6 Å². The van der Waals surface area contributed by atoms with Crippen LogP contribution in [0.5, 0.6) is 5.75 Å². The molecule has 7 heteroatoms. The van der Waals surface area contributed by atoms with Gasteiger partial charge in [-0.1, -0.05) is 23.8 Å². The summed E-state index contributed by atoms with van der Waals surface area (Å²) < 4.78 is 11.0. The number of nitrogens with zero attached hydrogens (tertiary/aromatic N) is 2. The van der Waals surface area contributed by atoms with Gasteiger partial charge in [-0.15, -0.1) is 0 Å². The van der Waals surface area contributed by atoms with Crippen molar-refractivity contribution in [1.82, 2.24) is 4.90 Å². The van der Waals surface area contributed by atoms with E-state index in [0.29, 0.717) is 17.0 Å². The molecule has 2 aliphatic rings. The fourth-order valence-corrected chi connectivity index (χ4v) is 4.17. The molecule has 0 N–H and O–H groups in total.